The van der Waals surface area contributed by atoms with Crippen LogP contribution in [0, 0.1) is 13.8 Å². The first-order chi connectivity index (χ1) is 19.0. The number of nitrogens with zero attached hydrogens (tertiary/aromatic N) is 4. The summed E-state index contributed by atoms with van der Waals surface area (Å²) in [6.07, 6.45) is -2.47. The van der Waals surface area contributed by atoms with Crippen LogP contribution in [0.4, 0.5) is 18.9 Å². The number of rotatable bonds is 6. The van der Waals surface area contributed by atoms with Crippen molar-refractivity contribution in [2.45, 2.75) is 46.0 Å². The summed E-state index contributed by atoms with van der Waals surface area (Å²) in [6.45, 7) is 6.06. The molecule has 1 saturated heterocycles. The fourth-order valence-electron chi connectivity index (χ4n) is 5.52. The Kier molecular flexibility index (Phi) is 7.17. The number of carbonyl (C=O) groups is 1. The van der Waals surface area contributed by atoms with E-state index in [1.807, 2.05) is 36.9 Å². The molecule has 1 aliphatic heterocycles. The molecule has 2 aromatic heterocycles. The summed E-state index contributed by atoms with van der Waals surface area (Å²) in [5, 5.41) is 17.5. The Morgan fingerprint density at radius 2 is 1.85 bits per heavy atom. The number of aryl methyl sites for hydroxylation is 2. The SMILES string of the molecule is CC(=O)NC1CCN(c2ccc(C(F)(F)F)c(-n3nc(-c4cc(C)cc(C)c4)c4ccn(CCO)c4c3=O)c2)C1. The van der Waals surface area contributed by atoms with E-state index in [0.29, 0.717) is 41.8 Å². The van der Waals surface area contributed by atoms with Gasteiger partial charge in [0.05, 0.1) is 17.9 Å². The quantitative estimate of drug-likeness (QED) is 0.374. The van der Waals surface area contributed by atoms with E-state index in [4.69, 9.17) is 0 Å². The van der Waals surface area contributed by atoms with Gasteiger partial charge in [-0.15, -0.1) is 0 Å². The number of hydrogen-bond donors (Lipinski definition) is 2. The molecule has 0 radical (unpaired) electrons. The Bertz CT molecular complexity index is 1640. The van der Waals surface area contributed by atoms with Gasteiger partial charge in [-0.25, -0.2) is 0 Å². The number of carbonyl (C=O) groups excluding carboxylic acids is 1. The van der Waals surface area contributed by atoms with Gasteiger partial charge in [0.1, 0.15) is 11.2 Å². The third-order valence-corrected chi connectivity index (χ3v) is 7.13. The molecule has 1 unspecified atom stereocenters. The molecule has 0 saturated carbocycles. The largest absolute Gasteiger partial charge is 0.418 e. The third kappa shape index (κ3) is 5.21. The molecule has 5 rings (SSSR count). The predicted molar refractivity (Wildman–Crippen MR) is 147 cm³/mol. The van der Waals surface area contributed by atoms with Gasteiger partial charge in [-0.1, -0.05) is 17.2 Å². The van der Waals surface area contributed by atoms with Gasteiger partial charge in [-0.2, -0.15) is 23.0 Å². The van der Waals surface area contributed by atoms with Gasteiger partial charge < -0.3 is 19.9 Å². The summed E-state index contributed by atoms with van der Waals surface area (Å²) < 4.78 is 45.3. The molecule has 0 spiro atoms. The van der Waals surface area contributed by atoms with Crippen molar-refractivity contribution >= 4 is 22.5 Å². The van der Waals surface area contributed by atoms with E-state index < -0.39 is 17.3 Å². The number of nitrogens with one attached hydrogen (secondary N) is 1. The number of aromatic nitrogens is 3. The van der Waals surface area contributed by atoms with Crippen molar-refractivity contribution in [3.8, 4) is 16.9 Å². The van der Waals surface area contributed by atoms with E-state index in [1.54, 1.807) is 12.3 Å². The summed E-state index contributed by atoms with van der Waals surface area (Å²) in [5.41, 5.74) is 1.46. The number of aliphatic hydroxyl groups excluding tert-OH is 1. The van der Waals surface area contributed by atoms with Crippen LogP contribution in [-0.2, 0) is 17.5 Å². The van der Waals surface area contributed by atoms with Crippen LogP contribution in [0.15, 0.2) is 53.5 Å². The second-order valence-electron chi connectivity index (χ2n) is 10.3. The maximum absolute atomic E-state index is 14.3. The summed E-state index contributed by atoms with van der Waals surface area (Å²) in [5.74, 6) is -0.172. The molecule has 210 valence electrons. The van der Waals surface area contributed by atoms with Gasteiger partial charge in [-0.05, 0) is 56.7 Å². The molecule has 8 nitrogen and oxygen atoms in total. The molecule has 1 atom stereocenters. The Labute approximate surface area is 228 Å². The molecule has 0 aliphatic carbocycles. The topological polar surface area (TPSA) is 92.4 Å². The summed E-state index contributed by atoms with van der Waals surface area (Å²) >= 11 is 0. The zero-order valence-electron chi connectivity index (χ0n) is 22.4. The second kappa shape index (κ2) is 10.5. The minimum atomic E-state index is -4.75. The number of anilines is 1. The van der Waals surface area contributed by atoms with Crippen molar-refractivity contribution in [3.63, 3.8) is 0 Å². The molecular weight excluding hydrogens is 523 g/mol. The van der Waals surface area contributed by atoms with Crippen LogP contribution in [0.2, 0.25) is 0 Å². The average molecular weight is 554 g/mol. The van der Waals surface area contributed by atoms with E-state index in [2.05, 4.69) is 10.4 Å². The highest BCUT2D eigenvalue weighted by atomic mass is 19.4. The monoisotopic (exact) mass is 553 g/mol. The maximum atomic E-state index is 14.3. The van der Waals surface area contributed by atoms with Gasteiger partial charge >= 0.3 is 6.18 Å². The van der Waals surface area contributed by atoms with Crippen LogP contribution in [0.25, 0.3) is 27.8 Å². The molecule has 1 aliphatic rings. The van der Waals surface area contributed by atoms with Crippen molar-refractivity contribution in [2.75, 3.05) is 24.6 Å². The minimum Gasteiger partial charge on any atom is -0.395 e. The van der Waals surface area contributed by atoms with Gasteiger partial charge in [0.15, 0.2) is 0 Å². The fraction of sp³-hybridized carbons (Fsp3) is 0.345. The predicted octanol–water partition coefficient (Wildman–Crippen LogP) is 4.20. The lowest BCUT2D eigenvalue weighted by Crippen LogP contribution is -2.35. The number of alkyl halides is 3. The van der Waals surface area contributed by atoms with Gasteiger partial charge in [0, 0.05) is 55.4 Å². The number of hydrogen-bond acceptors (Lipinski definition) is 5. The van der Waals surface area contributed by atoms with Crippen LogP contribution >= 0.6 is 0 Å². The van der Waals surface area contributed by atoms with Gasteiger partial charge in [0.2, 0.25) is 5.91 Å². The van der Waals surface area contributed by atoms with E-state index in [1.165, 1.54) is 23.6 Å². The van der Waals surface area contributed by atoms with Crippen LogP contribution in [0.1, 0.15) is 30.0 Å². The number of halogens is 3. The van der Waals surface area contributed by atoms with Crippen molar-refractivity contribution in [1.29, 1.82) is 0 Å². The van der Waals surface area contributed by atoms with E-state index >= 15 is 0 Å². The first-order valence-corrected chi connectivity index (χ1v) is 13.0. The van der Waals surface area contributed by atoms with Gasteiger partial charge in [-0.3, -0.25) is 9.59 Å². The number of amides is 1. The summed E-state index contributed by atoms with van der Waals surface area (Å²) in [6, 6.07) is 11.0. The number of aliphatic hydroxyl groups is 1. The highest BCUT2D eigenvalue weighted by molar-refractivity contribution is 5.93. The van der Waals surface area contributed by atoms with E-state index in [-0.39, 0.29) is 36.3 Å². The van der Waals surface area contributed by atoms with Crippen LogP contribution in [-0.4, -0.2) is 51.1 Å². The standard InChI is InChI=1S/C29H30F3N5O3/c1-17-12-18(2)14-20(13-17)26-23-7-9-35(10-11-38)27(23)28(40)37(34-26)25-15-22(4-5-24(25)29(30,31)32)36-8-6-21(16-36)33-19(3)39/h4-5,7,9,12-15,21,38H,6,8,10-11,16H2,1-3H3,(H,33,39). The van der Waals surface area contributed by atoms with Crippen LogP contribution in [0.3, 0.4) is 0 Å². The molecule has 1 fully saturated rings. The molecule has 3 heterocycles. The Morgan fingerprint density at radius 3 is 2.50 bits per heavy atom. The minimum absolute atomic E-state index is 0.0967. The van der Waals surface area contributed by atoms with Crippen LogP contribution < -0.4 is 15.8 Å². The maximum Gasteiger partial charge on any atom is 0.418 e. The molecular formula is C29H30F3N5O3. The van der Waals surface area contributed by atoms with Crippen molar-refractivity contribution in [3.05, 3.63) is 75.7 Å². The van der Waals surface area contributed by atoms with Crippen LogP contribution in [0.5, 0.6) is 0 Å². The van der Waals surface area contributed by atoms with Crippen molar-refractivity contribution < 1.29 is 23.1 Å². The smallest absolute Gasteiger partial charge is 0.395 e. The first kappa shape index (κ1) is 27.4. The normalized spacial score (nSPS) is 15.7. The molecule has 0 bridgehead atoms. The Hall–Kier alpha value is -4.12. The zero-order chi connectivity index (χ0) is 28.8. The molecule has 40 heavy (non-hydrogen) atoms. The lowest BCUT2D eigenvalue weighted by atomic mass is 10.0. The zero-order valence-corrected chi connectivity index (χ0v) is 22.4. The third-order valence-electron chi connectivity index (χ3n) is 7.13. The van der Waals surface area contributed by atoms with Crippen molar-refractivity contribution in [2.24, 2.45) is 0 Å². The highest BCUT2D eigenvalue weighted by Gasteiger charge is 2.36. The van der Waals surface area contributed by atoms with E-state index in [9.17, 15) is 27.9 Å². The molecule has 11 heteroatoms. The molecule has 2 N–H and O–H groups in total. The van der Waals surface area contributed by atoms with Gasteiger partial charge in [0.25, 0.3) is 5.56 Å². The van der Waals surface area contributed by atoms with E-state index in [0.717, 1.165) is 21.9 Å². The molecule has 4 aromatic rings. The first-order valence-electron chi connectivity index (χ1n) is 13.0. The average Bonchev–Trinajstić information content (AvgIpc) is 3.50. The Morgan fingerprint density at radius 1 is 1.12 bits per heavy atom. The number of benzene rings is 2. The summed E-state index contributed by atoms with van der Waals surface area (Å²) in [7, 11) is 0. The highest BCUT2D eigenvalue weighted by Crippen LogP contribution is 2.37. The number of fused-ring (bicyclic) bond motifs is 1. The Balaban J connectivity index is 1.75. The lowest BCUT2D eigenvalue weighted by molar-refractivity contribution is -0.137. The molecule has 1 amide bonds. The molecule has 2 aromatic carbocycles. The van der Waals surface area contributed by atoms with Crippen molar-refractivity contribution in [1.82, 2.24) is 19.7 Å². The fourth-order valence-corrected chi connectivity index (χ4v) is 5.52. The summed E-state index contributed by atoms with van der Waals surface area (Å²) in [4.78, 5) is 27.2. The second-order valence-corrected chi connectivity index (χ2v) is 10.3. The lowest BCUT2D eigenvalue weighted by Gasteiger charge is -2.22.